The molecule has 1 aliphatic heterocycles. The molecule has 1 N–H and O–H groups in total. The summed E-state index contributed by atoms with van der Waals surface area (Å²) < 4.78 is 0. The van der Waals surface area contributed by atoms with Crippen LogP contribution in [0.1, 0.15) is 47.6 Å². The minimum Gasteiger partial charge on any atom is -0.310 e. The summed E-state index contributed by atoms with van der Waals surface area (Å²) in [6, 6.07) is 73.2. The summed E-state index contributed by atoms with van der Waals surface area (Å²) in [5, 5.41) is 9.24. The average molecular weight is 852 g/mol. The average Bonchev–Trinajstić information content (AvgIpc) is 4.20. The molecule has 0 amide bonds. The number of rotatable bonds is 13. The maximum absolute atomic E-state index is 9.24. The number of hydrogen-bond donors (Lipinski definition) is 1. The van der Waals surface area contributed by atoms with Crippen molar-refractivity contribution in [2.45, 2.75) is 37.8 Å². The SMILES string of the molecule is N=C(CC(C1C=CC=CC1)N1CC1c1ccc(-c2ccc(N(c3ccc(-c4ccc(-c5ccccc5)cc4)cc3)c3cccc4c3C=CCC4)cc2)cc1)c1ccc(-c2ccccc2)cc1. The quantitative estimate of drug-likeness (QED) is 0.0925. The fraction of sp³-hybridized carbons (Fsp3) is 0.127. The summed E-state index contributed by atoms with van der Waals surface area (Å²) in [6.45, 7) is 1.02. The highest BCUT2D eigenvalue weighted by atomic mass is 15.3. The molecule has 1 fully saturated rings. The molecular weight excluding hydrogens is 799 g/mol. The van der Waals surface area contributed by atoms with Gasteiger partial charge in [-0.2, -0.15) is 0 Å². The molecule has 1 saturated heterocycles. The van der Waals surface area contributed by atoms with E-state index < -0.39 is 0 Å². The number of benzene rings is 8. The lowest BCUT2D eigenvalue weighted by Gasteiger charge is -2.29. The van der Waals surface area contributed by atoms with Crippen molar-refractivity contribution in [1.82, 2.24) is 4.90 Å². The van der Waals surface area contributed by atoms with Gasteiger partial charge in [-0.25, -0.2) is 0 Å². The van der Waals surface area contributed by atoms with E-state index in [1.54, 1.807) is 0 Å². The Morgan fingerprint density at radius 3 is 1.59 bits per heavy atom. The van der Waals surface area contributed by atoms with Crippen molar-refractivity contribution >= 4 is 28.8 Å². The number of aryl methyl sites for hydroxylation is 1. The summed E-state index contributed by atoms with van der Waals surface area (Å²) >= 11 is 0. The molecule has 66 heavy (non-hydrogen) atoms. The number of anilines is 3. The third-order valence-corrected chi connectivity index (χ3v) is 13.8. The first-order valence-corrected chi connectivity index (χ1v) is 23.5. The van der Waals surface area contributed by atoms with Gasteiger partial charge in [0, 0.05) is 47.7 Å². The Kier molecular flexibility index (Phi) is 11.5. The van der Waals surface area contributed by atoms with E-state index >= 15 is 0 Å². The molecule has 8 aromatic rings. The summed E-state index contributed by atoms with van der Waals surface area (Å²) in [7, 11) is 0. The predicted octanol–water partition coefficient (Wildman–Crippen LogP) is 16.1. The number of hydrogen-bond acceptors (Lipinski definition) is 3. The molecule has 0 radical (unpaired) electrons. The van der Waals surface area contributed by atoms with Gasteiger partial charge >= 0.3 is 0 Å². The summed E-state index contributed by atoms with van der Waals surface area (Å²) in [6.07, 6.45) is 17.4. The van der Waals surface area contributed by atoms with Crippen LogP contribution in [0.3, 0.4) is 0 Å². The van der Waals surface area contributed by atoms with Crippen molar-refractivity contribution in [2.75, 3.05) is 11.4 Å². The van der Waals surface area contributed by atoms with Gasteiger partial charge in [0.2, 0.25) is 0 Å². The Bertz CT molecular complexity index is 3040. The van der Waals surface area contributed by atoms with Crippen LogP contribution in [0, 0.1) is 11.3 Å². The van der Waals surface area contributed by atoms with Crippen LogP contribution >= 0.6 is 0 Å². The number of fused-ring (bicyclic) bond motifs is 1. The van der Waals surface area contributed by atoms with Crippen molar-refractivity contribution in [2.24, 2.45) is 5.92 Å². The monoisotopic (exact) mass is 851 g/mol. The minimum absolute atomic E-state index is 0.265. The lowest BCUT2D eigenvalue weighted by molar-refractivity contribution is 0.305. The molecule has 3 nitrogen and oxygen atoms in total. The minimum atomic E-state index is 0.265. The number of nitrogens with one attached hydrogen (secondary N) is 1. The molecular formula is C63H53N3. The maximum Gasteiger partial charge on any atom is 0.0536 e. The molecule has 1 heterocycles. The van der Waals surface area contributed by atoms with Crippen molar-refractivity contribution in [3.05, 3.63) is 253 Å². The molecule has 0 aromatic heterocycles. The maximum atomic E-state index is 9.24. The predicted molar refractivity (Wildman–Crippen MR) is 278 cm³/mol. The van der Waals surface area contributed by atoms with E-state index in [0.717, 1.165) is 49.2 Å². The Morgan fingerprint density at radius 2 is 1.05 bits per heavy atom. The molecule has 2 aliphatic carbocycles. The van der Waals surface area contributed by atoms with Gasteiger partial charge in [0.1, 0.15) is 0 Å². The molecule has 0 spiro atoms. The smallest absolute Gasteiger partial charge is 0.0536 e. The van der Waals surface area contributed by atoms with Gasteiger partial charge in [0.05, 0.1) is 5.69 Å². The number of allylic oxidation sites excluding steroid dienone is 4. The summed E-state index contributed by atoms with van der Waals surface area (Å²) in [4.78, 5) is 5.03. The topological polar surface area (TPSA) is 30.1 Å². The first kappa shape index (κ1) is 41.1. The van der Waals surface area contributed by atoms with Gasteiger partial charge in [0.15, 0.2) is 0 Å². The van der Waals surface area contributed by atoms with Gasteiger partial charge in [0.25, 0.3) is 0 Å². The second-order valence-electron chi connectivity index (χ2n) is 17.9. The zero-order valence-electron chi connectivity index (χ0n) is 37.2. The van der Waals surface area contributed by atoms with Crippen LogP contribution in [0.25, 0.3) is 50.6 Å². The fourth-order valence-electron chi connectivity index (χ4n) is 10.1. The van der Waals surface area contributed by atoms with E-state index in [-0.39, 0.29) is 6.04 Å². The highest BCUT2D eigenvalue weighted by molar-refractivity contribution is 5.99. The lowest BCUT2D eigenvalue weighted by Crippen LogP contribution is -2.31. The van der Waals surface area contributed by atoms with Crippen LogP contribution in [0.2, 0.25) is 0 Å². The zero-order chi connectivity index (χ0) is 44.2. The third kappa shape index (κ3) is 8.66. The van der Waals surface area contributed by atoms with Crippen LogP contribution in [0.15, 0.2) is 231 Å². The fourth-order valence-corrected chi connectivity index (χ4v) is 10.1. The van der Waals surface area contributed by atoms with Gasteiger partial charge in [-0.05, 0) is 117 Å². The third-order valence-electron chi connectivity index (χ3n) is 13.8. The van der Waals surface area contributed by atoms with Gasteiger partial charge in [-0.3, -0.25) is 4.90 Å². The zero-order valence-corrected chi connectivity index (χ0v) is 37.2. The lowest BCUT2D eigenvalue weighted by atomic mass is 9.87. The van der Waals surface area contributed by atoms with Crippen molar-refractivity contribution in [3.63, 3.8) is 0 Å². The van der Waals surface area contributed by atoms with Crippen molar-refractivity contribution in [1.29, 1.82) is 5.41 Å². The molecule has 4 atom stereocenters. The van der Waals surface area contributed by atoms with Crippen LogP contribution in [0.5, 0.6) is 0 Å². The standard InChI is InChI=1S/C63H53N3/c64-60(54-31-27-48(28-32-54)46-15-6-2-7-16-46)43-62(55-18-8-3-9-19-55)65-44-63(65)56-33-29-50(30-34-56)52-37-41-58(42-38-52)66(61-22-12-20-53-17-10-11-21-59(53)61)57-39-35-51(36-40-57)49-25-23-47(24-26-49)45-13-4-1-5-14-45/h1-9,11-16,18,20-42,55,62-64H,10,17,19,43-44H2. The normalized spacial score (nSPS) is 17.5. The second-order valence-corrected chi connectivity index (χ2v) is 17.9. The molecule has 4 unspecified atom stereocenters. The van der Waals surface area contributed by atoms with Gasteiger partial charge < -0.3 is 10.3 Å². The number of nitrogens with zero attached hydrogens (tertiary/aromatic N) is 2. The molecule has 3 aliphatic rings. The molecule has 0 saturated carbocycles. The Labute approximate surface area is 389 Å². The van der Waals surface area contributed by atoms with E-state index in [2.05, 4.69) is 240 Å². The summed E-state index contributed by atoms with van der Waals surface area (Å²) in [5.74, 6) is 0.384. The largest absolute Gasteiger partial charge is 0.310 e. The molecule has 8 aromatic carbocycles. The van der Waals surface area contributed by atoms with Crippen LogP contribution in [0.4, 0.5) is 17.1 Å². The molecule has 320 valence electrons. The highest BCUT2D eigenvalue weighted by Gasteiger charge is 2.43. The van der Waals surface area contributed by atoms with Crippen LogP contribution in [-0.4, -0.2) is 23.2 Å². The Balaban J connectivity index is 0.814. The first-order chi connectivity index (χ1) is 32.6. The van der Waals surface area contributed by atoms with E-state index in [1.165, 1.54) is 66.9 Å². The second kappa shape index (κ2) is 18.5. The van der Waals surface area contributed by atoms with Gasteiger partial charge in [-0.1, -0.05) is 206 Å². The molecule has 11 rings (SSSR count). The van der Waals surface area contributed by atoms with E-state index in [1.807, 2.05) is 6.07 Å². The van der Waals surface area contributed by atoms with Crippen LogP contribution in [-0.2, 0) is 6.42 Å². The molecule has 3 heteroatoms. The van der Waals surface area contributed by atoms with Crippen molar-refractivity contribution in [3.8, 4) is 44.5 Å². The Hall–Kier alpha value is -7.59. The highest BCUT2D eigenvalue weighted by Crippen LogP contribution is 2.44. The van der Waals surface area contributed by atoms with Gasteiger partial charge in [-0.15, -0.1) is 0 Å². The van der Waals surface area contributed by atoms with Crippen molar-refractivity contribution < 1.29 is 0 Å². The van der Waals surface area contributed by atoms with E-state index in [9.17, 15) is 5.41 Å². The van der Waals surface area contributed by atoms with Crippen LogP contribution < -0.4 is 4.90 Å². The van der Waals surface area contributed by atoms with E-state index in [0.29, 0.717) is 17.7 Å². The Morgan fingerprint density at radius 1 is 0.530 bits per heavy atom. The van der Waals surface area contributed by atoms with E-state index in [4.69, 9.17) is 0 Å². The summed E-state index contributed by atoms with van der Waals surface area (Å²) in [5.41, 5.74) is 18.9. The molecule has 0 bridgehead atoms. The first-order valence-electron chi connectivity index (χ1n) is 23.5.